The molecule has 1 fully saturated rings. The maximum atomic E-state index is 15.1. The van der Waals surface area contributed by atoms with Crippen molar-refractivity contribution in [3.05, 3.63) is 61.7 Å². The van der Waals surface area contributed by atoms with Gasteiger partial charge in [0.1, 0.15) is 24.2 Å². The number of nitrogens with one attached hydrogen (secondary N) is 1. The van der Waals surface area contributed by atoms with Gasteiger partial charge in [-0.25, -0.2) is 18.6 Å². The van der Waals surface area contributed by atoms with Gasteiger partial charge in [0.05, 0.1) is 35.1 Å². The van der Waals surface area contributed by atoms with Crippen molar-refractivity contribution in [2.75, 3.05) is 0 Å². The highest BCUT2D eigenvalue weighted by atomic mass is 19.1. The van der Waals surface area contributed by atoms with E-state index < -0.39 is 46.7 Å². The molecule has 7 rings (SSSR count). The summed E-state index contributed by atoms with van der Waals surface area (Å²) in [4.78, 5) is 44.5. The number of hydrogen-bond acceptors (Lipinski definition) is 7. The van der Waals surface area contributed by atoms with Gasteiger partial charge in [-0.3, -0.25) is 9.59 Å². The molecule has 2 aliphatic heterocycles. The average Bonchev–Trinajstić information content (AvgIpc) is 3.34. The summed E-state index contributed by atoms with van der Waals surface area (Å²) in [5, 5.41) is 26.0. The standard InChI is InChI=1S/C31H31F2N3O6/c1-3-31(41)19-10-23-26-17(12-36(23)27(37)18(19)13-42-29(31)39)25-21(35-28(38)30(40)8-6-15(32)7-9-30)5-4-16-14(2)20(33)11-22(34-26)24(16)25/h10-11,15,21,40-41H,3-9,12-13H2,1-2H3,(H,35,38)/t15?,21-,30?,31-/m0/s1. The summed E-state index contributed by atoms with van der Waals surface area (Å²) in [6.45, 7) is 3.18. The number of aromatic nitrogens is 2. The first-order valence-corrected chi connectivity index (χ1v) is 14.5. The maximum absolute atomic E-state index is 15.1. The molecular weight excluding hydrogens is 548 g/mol. The van der Waals surface area contributed by atoms with Gasteiger partial charge in [0.25, 0.3) is 11.5 Å². The quantitative estimate of drug-likeness (QED) is 0.318. The van der Waals surface area contributed by atoms with Crippen LogP contribution in [0.5, 0.6) is 0 Å². The average molecular weight is 580 g/mol. The fourth-order valence-electron chi connectivity index (χ4n) is 7.28. The Labute approximate surface area is 239 Å². The number of carbonyl (C=O) groups excluding carboxylic acids is 2. The van der Waals surface area contributed by atoms with E-state index in [-0.39, 0.29) is 56.4 Å². The van der Waals surface area contributed by atoms with Gasteiger partial charge in [-0.15, -0.1) is 0 Å². The van der Waals surface area contributed by atoms with Crippen LogP contribution < -0.4 is 10.9 Å². The molecule has 2 aromatic heterocycles. The number of fused-ring (bicyclic) bond motifs is 5. The summed E-state index contributed by atoms with van der Waals surface area (Å²) in [6.07, 6.45) is 0.0848. The van der Waals surface area contributed by atoms with Gasteiger partial charge in [-0.05, 0) is 74.6 Å². The summed E-state index contributed by atoms with van der Waals surface area (Å²) < 4.78 is 35.6. The van der Waals surface area contributed by atoms with Gasteiger partial charge in [-0.1, -0.05) is 6.92 Å². The number of carbonyl (C=O) groups is 2. The number of nitrogens with zero attached hydrogens (tertiary/aromatic N) is 2. The predicted octanol–water partition coefficient (Wildman–Crippen LogP) is 3.27. The van der Waals surface area contributed by atoms with Crippen LogP contribution in [0.15, 0.2) is 16.9 Å². The van der Waals surface area contributed by atoms with Crippen molar-refractivity contribution in [2.24, 2.45) is 0 Å². The molecule has 4 aliphatic rings. The molecule has 42 heavy (non-hydrogen) atoms. The molecule has 3 N–H and O–H groups in total. The topological polar surface area (TPSA) is 131 Å². The monoisotopic (exact) mass is 579 g/mol. The van der Waals surface area contributed by atoms with E-state index >= 15 is 4.39 Å². The van der Waals surface area contributed by atoms with Gasteiger partial charge >= 0.3 is 5.97 Å². The molecule has 0 spiro atoms. The number of aliphatic hydroxyl groups is 2. The number of cyclic esters (lactones) is 1. The predicted molar refractivity (Wildman–Crippen MR) is 147 cm³/mol. The Bertz CT molecular complexity index is 1780. The van der Waals surface area contributed by atoms with Crippen LogP contribution in [0.1, 0.15) is 84.9 Å². The van der Waals surface area contributed by atoms with Crippen molar-refractivity contribution in [1.29, 1.82) is 0 Å². The van der Waals surface area contributed by atoms with Crippen LogP contribution in [-0.4, -0.2) is 43.4 Å². The Hall–Kier alpha value is -3.70. The number of hydrogen-bond donors (Lipinski definition) is 3. The number of aryl methyl sites for hydroxylation is 1. The minimum Gasteiger partial charge on any atom is -0.458 e. The minimum absolute atomic E-state index is 0.000993. The molecule has 4 heterocycles. The lowest BCUT2D eigenvalue weighted by Gasteiger charge is -2.35. The van der Waals surface area contributed by atoms with Crippen LogP contribution in [0.4, 0.5) is 8.78 Å². The summed E-state index contributed by atoms with van der Waals surface area (Å²) in [6, 6.07) is 2.37. The lowest BCUT2D eigenvalue weighted by molar-refractivity contribution is -0.172. The molecule has 2 aliphatic carbocycles. The van der Waals surface area contributed by atoms with Crippen molar-refractivity contribution in [1.82, 2.24) is 14.9 Å². The zero-order chi connectivity index (χ0) is 29.7. The van der Waals surface area contributed by atoms with Crippen molar-refractivity contribution in [3.8, 4) is 11.4 Å². The van der Waals surface area contributed by atoms with Gasteiger partial charge < -0.3 is 24.8 Å². The first-order valence-electron chi connectivity index (χ1n) is 14.5. The molecule has 0 radical (unpaired) electrons. The Morgan fingerprint density at radius 2 is 1.90 bits per heavy atom. The third kappa shape index (κ3) is 3.65. The van der Waals surface area contributed by atoms with E-state index in [9.17, 15) is 29.0 Å². The molecule has 1 saturated carbocycles. The summed E-state index contributed by atoms with van der Waals surface area (Å²) in [7, 11) is 0. The highest BCUT2D eigenvalue weighted by molar-refractivity contribution is 5.94. The molecule has 11 heteroatoms. The van der Waals surface area contributed by atoms with Crippen molar-refractivity contribution < 1.29 is 33.3 Å². The summed E-state index contributed by atoms with van der Waals surface area (Å²) >= 11 is 0. The molecular formula is C31H31F2N3O6. The number of pyridine rings is 2. The molecule has 9 nitrogen and oxygen atoms in total. The van der Waals surface area contributed by atoms with E-state index in [2.05, 4.69) is 5.32 Å². The first-order chi connectivity index (χ1) is 20.0. The largest absolute Gasteiger partial charge is 0.458 e. The number of benzene rings is 1. The van der Waals surface area contributed by atoms with Gasteiger partial charge in [0.2, 0.25) is 0 Å². The third-order valence-electron chi connectivity index (χ3n) is 9.85. The smallest absolute Gasteiger partial charge is 0.343 e. The molecule has 220 valence electrons. The Kier molecular flexibility index (Phi) is 5.91. The summed E-state index contributed by atoms with van der Waals surface area (Å²) in [5.74, 6) is -1.82. The Balaban J connectivity index is 1.42. The molecule has 0 bridgehead atoms. The van der Waals surface area contributed by atoms with Crippen LogP contribution in [-0.2, 0) is 39.5 Å². The van der Waals surface area contributed by atoms with Crippen LogP contribution >= 0.6 is 0 Å². The van der Waals surface area contributed by atoms with E-state index in [1.165, 1.54) is 10.6 Å². The van der Waals surface area contributed by atoms with Crippen molar-refractivity contribution >= 4 is 22.8 Å². The summed E-state index contributed by atoms with van der Waals surface area (Å²) in [5.41, 5.74) is 0.0486. The van der Waals surface area contributed by atoms with E-state index in [1.54, 1.807) is 19.9 Å². The molecule has 0 saturated heterocycles. The third-order valence-corrected chi connectivity index (χ3v) is 9.85. The van der Waals surface area contributed by atoms with Crippen LogP contribution in [0, 0.1) is 12.7 Å². The maximum Gasteiger partial charge on any atom is 0.343 e. The second-order valence-electron chi connectivity index (χ2n) is 12.1. The van der Waals surface area contributed by atoms with Gasteiger partial charge in [0, 0.05) is 22.6 Å². The zero-order valence-electron chi connectivity index (χ0n) is 23.4. The molecule has 1 amide bonds. The fraction of sp³-hybridized carbons (Fsp3) is 0.484. The molecule has 2 atom stereocenters. The van der Waals surface area contributed by atoms with E-state index in [4.69, 9.17) is 9.72 Å². The van der Waals surface area contributed by atoms with E-state index in [1.807, 2.05) is 0 Å². The fourth-order valence-corrected chi connectivity index (χ4v) is 7.28. The normalized spacial score (nSPS) is 27.7. The lowest BCUT2D eigenvalue weighted by Crippen LogP contribution is -2.50. The van der Waals surface area contributed by atoms with Gasteiger partial charge in [0.15, 0.2) is 5.60 Å². The SMILES string of the molecule is CC[C@@]1(O)C(=O)OCc2c1cc1n(c2=O)Cc2c-1nc1cc(F)c(C)c3c1c2[C@@H](NC(=O)C1(O)CCC(F)CC1)CC3. The van der Waals surface area contributed by atoms with Crippen LogP contribution in [0.25, 0.3) is 22.3 Å². The number of amides is 1. The Morgan fingerprint density at radius 1 is 1.17 bits per heavy atom. The van der Waals surface area contributed by atoms with Crippen LogP contribution in [0.2, 0.25) is 0 Å². The van der Waals surface area contributed by atoms with E-state index in [0.717, 1.165) is 5.56 Å². The number of esters is 1. The van der Waals surface area contributed by atoms with Gasteiger partial charge in [-0.2, -0.15) is 0 Å². The van der Waals surface area contributed by atoms with E-state index in [0.29, 0.717) is 51.8 Å². The lowest BCUT2D eigenvalue weighted by atomic mass is 9.80. The number of ether oxygens (including phenoxy) is 1. The number of rotatable bonds is 3. The zero-order valence-corrected chi connectivity index (χ0v) is 23.4. The highest BCUT2D eigenvalue weighted by Crippen LogP contribution is 2.46. The first kappa shape index (κ1) is 27.2. The van der Waals surface area contributed by atoms with Crippen molar-refractivity contribution in [2.45, 2.75) is 95.4 Å². The second kappa shape index (κ2) is 9.15. The molecule has 1 aromatic carbocycles. The Morgan fingerprint density at radius 3 is 2.62 bits per heavy atom. The molecule has 3 aromatic rings. The highest BCUT2D eigenvalue weighted by Gasteiger charge is 2.46. The second-order valence-corrected chi connectivity index (χ2v) is 12.1. The van der Waals surface area contributed by atoms with Crippen molar-refractivity contribution in [3.63, 3.8) is 0 Å². The number of halogens is 2. The minimum atomic E-state index is -1.99. The molecule has 0 unspecified atom stereocenters. The van der Waals surface area contributed by atoms with Crippen LogP contribution in [0.3, 0.4) is 0 Å². The number of alkyl halides is 1.